The third-order valence-corrected chi connectivity index (χ3v) is 9.77. The molecular formula is C37H28N4O5S2. The molecular weight excluding hydrogens is 645 g/mol. The van der Waals surface area contributed by atoms with Gasteiger partial charge in [0.1, 0.15) is 12.3 Å². The number of para-hydroxylation sites is 1. The fourth-order valence-corrected chi connectivity index (χ4v) is 7.34. The molecule has 1 atom stereocenters. The van der Waals surface area contributed by atoms with Gasteiger partial charge in [-0.3, -0.25) is 9.36 Å². The number of allylic oxidation sites excluding steroid dienone is 1. The van der Waals surface area contributed by atoms with Crippen molar-refractivity contribution < 1.29 is 19.1 Å². The van der Waals surface area contributed by atoms with Crippen LogP contribution in [0.1, 0.15) is 40.0 Å². The molecule has 238 valence electrons. The number of fused-ring (bicyclic) bond motifs is 1. The second-order valence-electron chi connectivity index (χ2n) is 10.9. The summed E-state index contributed by atoms with van der Waals surface area (Å²) in [6.07, 6.45) is 3.73. The van der Waals surface area contributed by atoms with Crippen molar-refractivity contribution in [2.24, 2.45) is 4.99 Å². The third-order valence-electron chi connectivity index (χ3n) is 7.91. The smallest absolute Gasteiger partial charge is 0.338 e. The topological polar surface area (TPSA) is 105 Å². The number of carbonyl (C=O) groups excluding carboxylic acids is 2. The van der Waals surface area contributed by atoms with Gasteiger partial charge in [0.25, 0.3) is 5.56 Å². The maximum Gasteiger partial charge on any atom is 0.338 e. The van der Waals surface area contributed by atoms with Crippen LogP contribution < -0.4 is 14.9 Å². The summed E-state index contributed by atoms with van der Waals surface area (Å²) < 4.78 is 14.4. The molecule has 0 radical (unpaired) electrons. The fraction of sp³-hybridized carbons (Fsp3) is 0.108. The number of ether oxygens (including phenoxy) is 2. The first-order valence-corrected chi connectivity index (χ1v) is 16.7. The lowest BCUT2D eigenvalue weighted by Gasteiger charge is -2.25. The minimum absolute atomic E-state index is 0.0613. The zero-order valence-corrected chi connectivity index (χ0v) is 27.5. The molecule has 0 fully saturated rings. The Hall–Kier alpha value is -5.65. The lowest BCUT2D eigenvalue weighted by Crippen LogP contribution is -2.39. The van der Waals surface area contributed by atoms with E-state index in [4.69, 9.17) is 19.6 Å². The number of nitrogens with zero attached hydrogens (tertiary/aromatic N) is 4. The average molecular weight is 673 g/mol. The standard InChI is InChI=1S/C37H28N4O5S2/c1-23-31(36(44)46-22-24-10-5-3-6-11-24)33(25-15-17-26(18-16-25)35(43)45-2)41-34(42)30(48-37(41)38-23)20-27-21-40(28-12-7-4-8-13-28)39-32(27)29-14-9-19-47-29/h3-21,33H,22H2,1-2H3. The number of aromatic nitrogens is 3. The number of hydrogen-bond acceptors (Lipinski definition) is 9. The normalized spacial score (nSPS) is 14.4. The predicted molar refractivity (Wildman–Crippen MR) is 185 cm³/mol. The minimum atomic E-state index is -0.845. The molecule has 0 spiro atoms. The largest absolute Gasteiger partial charge is 0.465 e. The molecule has 0 amide bonds. The van der Waals surface area contributed by atoms with Gasteiger partial charge in [0, 0.05) is 11.8 Å². The molecule has 4 heterocycles. The average Bonchev–Trinajstić information content (AvgIpc) is 3.87. The molecule has 1 unspecified atom stereocenters. The van der Waals surface area contributed by atoms with Gasteiger partial charge >= 0.3 is 11.9 Å². The van der Waals surface area contributed by atoms with E-state index in [0.717, 1.165) is 27.4 Å². The van der Waals surface area contributed by atoms with Gasteiger partial charge in [0.15, 0.2) is 4.80 Å². The Morgan fingerprint density at radius 3 is 2.33 bits per heavy atom. The summed E-state index contributed by atoms with van der Waals surface area (Å²) in [5.74, 6) is -1.07. The quantitative estimate of drug-likeness (QED) is 0.193. The maximum absolute atomic E-state index is 14.4. The molecule has 0 aliphatic carbocycles. The SMILES string of the molecule is COC(=O)c1ccc(C2C(C(=O)OCc3ccccc3)=C(C)N=c3sc(=Cc4cn(-c5ccccc5)nc4-c4cccs4)c(=O)n32)cc1. The molecule has 0 saturated carbocycles. The van der Waals surface area contributed by atoms with Crippen LogP contribution in [0.5, 0.6) is 0 Å². The first-order valence-electron chi connectivity index (χ1n) is 15.0. The van der Waals surface area contributed by atoms with Crippen LogP contribution in [0.15, 0.2) is 130 Å². The van der Waals surface area contributed by atoms with Gasteiger partial charge in [-0.25, -0.2) is 19.3 Å². The first-order chi connectivity index (χ1) is 23.4. The van der Waals surface area contributed by atoms with Crippen LogP contribution in [0.2, 0.25) is 0 Å². The Balaban J connectivity index is 1.35. The van der Waals surface area contributed by atoms with E-state index in [1.165, 1.54) is 23.0 Å². The number of esters is 2. The second-order valence-corrected chi connectivity index (χ2v) is 12.9. The summed E-state index contributed by atoms with van der Waals surface area (Å²) in [6.45, 7) is 1.80. The summed E-state index contributed by atoms with van der Waals surface area (Å²) in [5.41, 5.74) is 4.57. The van der Waals surface area contributed by atoms with E-state index < -0.39 is 18.0 Å². The highest BCUT2D eigenvalue weighted by atomic mass is 32.1. The third kappa shape index (κ3) is 5.96. The van der Waals surface area contributed by atoms with Gasteiger partial charge in [0.2, 0.25) is 0 Å². The van der Waals surface area contributed by atoms with Crippen molar-refractivity contribution in [3.8, 4) is 16.3 Å². The van der Waals surface area contributed by atoms with Crippen molar-refractivity contribution in [2.75, 3.05) is 7.11 Å². The van der Waals surface area contributed by atoms with Crippen molar-refractivity contribution in [1.82, 2.24) is 14.3 Å². The molecule has 3 aromatic heterocycles. The van der Waals surface area contributed by atoms with Crippen molar-refractivity contribution in [2.45, 2.75) is 19.6 Å². The van der Waals surface area contributed by atoms with Crippen molar-refractivity contribution in [3.05, 3.63) is 162 Å². The molecule has 0 bridgehead atoms. The van der Waals surface area contributed by atoms with Crippen LogP contribution >= 0.6 is 22.7 Å². The van der Waals surface area contributed by atoms with E-state index in [-0.39, 0.29) is 17.7 Å². The van der Waals surface area contributed by atoms with E-state index in [1.54, 1.807) is 47.2 Å². The number of carbonyl (C=O) groups is 2. The van der Waals surface area contributed by atoms with E-state index >= 15 is 0 Å². The highest BCUT2D eigenvalue weighted by Crippen LogP contribution is 2.32. The molecule has 6 aromatic rings. The van der Waals surface area contributed by atoms with Gasteiger partial charge < -0.3 is 9.47 Å². The molecule has 7 rings (SSSR count). The Morgan fingerprint density at radius 2 is 1.65 bits per heavy atom. The number of methoxy groups -OCH3 is 1. The highest BCUT2D eigenvalue weighted by molar-refractivity contribution is 7.13. The Morgan fingerprint density at radius 1 is 0.917 bits per heavy atom. The Kier molecular flexibility index (Phi) is 8.53. The van der Waals surface area contributed by atoms with Crippen LogP contribution in [0, 0.1) is 0 Å². The maximum atomic E-state index is 14.4. The summed E-state index contributed by atoms with van der Waals surface area (Å²) in [4.78, 5) is 46.5. The van der Waals surface area contributed by atoms with E-state index in [2.05, 4.69) is 0 Å². The van der Waals surface area contributed by atoms with Crippen LogP contribution in [0.4, 0.5) is 0 Å². The zero-order valence-electron chi connectivity index (χ0n) is 25.9. The van der Waals surface area contributed by atoms with Crippen molar-refractivity contribution >= 4 is 40.7 Å². The Labute approximate surface area is 283 Å². The number of benzene rings is 3. The van der Waals surface area contributed by atoms with Gasteiger partial charge in [-0.15, -0.1) is 11.3 Å². The summed E-state index contributed by atoms with van der Waals surface area (Å²) in [5, 5.41) is 6.86. The van der Waals surface area contributed by atoms with Gasteiger partial charge in [-0.1, -0.05) is 78.1 Å². The predicted octanol–water partition coefficient (Wildman–Crippen LogP) is 5.68. The van der Waals surface area contributed by atoms with Gasteiger partial charge in [0.05, 0.1) is 45.1 Å². The minimum Gasteiger partial charge on any atom is -0.465 e. The lowest BCUT2D eigenvalue weighted by molar-refractivity contribution is -0.140. The first kappa shape index (κ1) is 31.0. The number of thiazole rings is 1. The molecule has 9 nitrogen and oxygen atoms in total. The molecule has 1 aliphatic heterocycles. The molecule has 1 aliphatic rings. The summed E-state index contributed by atoms with van der Waals surface area (Å²) in [7, 11) is 1.31. The van der Waals surface area contributed by atoms with E-state index in [1.807, 2.05) is 90.4 Å². The second kappa shape index (κ2) is 13.2. The molecule has 0 N–H and O–H groups in total. The van der Waals surface area contributed by atoms with Gasteiger partial charge in [-0.2, -0.15) is 5.10 Å². The zero-order chi connectivity index (χ0) is 33.2. The molecule has 48 heavy (non-hydrogen) atoms. The molecule has 11 heteroatoms. The van der Waals surface area contributed by atoms with Crippen LogP contribution in [0.3, 0.4) is 0 Å². The van der Waals surface area contributed by atoms with Crippen LogP contribution in [-0.2, 0) is 20.9 Å². The van der Waals surface area contributed by atoms with Crippen LogP contribution in [0.25, 0.3) is 22.3 Å². The van der Waals surface area contributed by atoms with E-state index in [9.17, 15) is 14.4 Å². The number of thiophene rings is 1. The molecule has 0 saturated heterocycles. The number of hydrogen-bond donors (Lipinski definition) is 0. The Bertz CT molecular complexity index is 2340. The fourth-order valence-electron chi connectivity index (χ4n) is 5.57. The van der Waals surface area contributed by atoms with Crippen molar-refractivity contribution in [3.63, 3.8) is 0 Å². The van der Waals surface area contributed by atoms with E-state index in [0.29, 0.717) is 26.2 Å². The summed E-state index contributed by atoms with van der Waals surface area (Å²) in [6, 6.07) is 28.9. The summed E-state index contributed by atoms with van der Waals surface area (Å²) >= 11 is 2.80. The monoisotopic (exact) mass is 672 g/mol. The van der Waals surface area contributed by atoms with Crippen molar-refractivity contribution in [1.29, 1.82) is 0 Å². The molecule has 3 aromatic carbocycles. The van der Waals surface area contributed by atoms with Gasteiger partial charge in [-0.05, 0) is 59.8 Å². The lowest BCUT2D eigenvalue weighted by atomic mass is 9.95. The number of rotatable bonds is 8. The highest BCUT2D eigenvalue weighted by Gasteiger charge is 2.33. The van der Waals surface area contributed by atoms with Crippen LogP contribution in [-0.4, -0.2) is 33.4 Å².